The maximum Gasteiger partial charge on any atom is 0.187 e. The molecule has 0 aromatic rings. The van der Waals surface area contributed by atoms with E-state index in [4.69, 9.17) is 0 Å². The molecule has 2 N–H and O–H groups in total. The molecule has 0 amide bonds. The number of rotatable bonds is 0. The number of allylic oxidation sites excluding steroid dienone is 3. The van der Waals surface area contributed by atoms with Crippen LogP contribution < -0.4 is 10.7 Å². The highest BCUT2D eigenvalue weighted by Crippen LogP contribution is 2.14. The molecule has 0 radical (unpaired) electrons. The second-order valence-electron chi connectivity index (χ2n) is 2.32. The van der Waals surface area contributed by atoms with E-state index < -0.39 is 0 Å². The highest BCUT2D eigenvalue weighted by molar-refractivity contribution is 5.22. The third-order valence-corrected chi connectivity index (χ3v) is 1.66. The van der Waals surface area contributed by atoms with Crippen molar-refractivity contribution in [2.75, 3.05) is 0 Å². The Morgan fingerprint density at radius 1 is 1.70 bits per heavy atom. The summed E-state index contributed by atoms with van der Waals surface area (Å²) in [7, 11) is 0. The lowest BCUT2D eigenvalue weighted by Crippen LogP contribution is -3.03. The minimum Gasteiger partial charge on any atom is -0.593 e. The first-order valence-electron chi connectivity index (χ1n) is 3.25. The number of hydroxylamine groups is 3. The molecule has 0 bridgehead atoms. The van der Waals surface area contributed by atoms with Crippen molar-refractivity contribution < 1.29 is 10.2 Å². The van der Waals surface area contributed by atoms with Crippen LogP contribution in [0.15, 0.2) is 23.5 Å². The zero-order valence-electron chi connectivity index (χ0n) is 5.39. The molecule has 0 aromatic carbocycles. The topological polar surface area (TPSA) is 48.8 Å². The number of hydrogen-bond donors (Lipinski definition) is 2. The Hall–Kier alpha value is -0.840. The highest BCUT2D eigenvalue weighted by atomic mass is 17.0. The lowest BCUT2D eigenvalue weighted by Gasteiger charge is -2.10. The maximum atomic E-state index is 10.8. The van der Waals surface area contributed by atoms with Gasteiger partial charge in [0.2, 0.25) is 0 Å². The molecule has 4 heteroatoms. The third-order valence-electron chi connectivity index (χ3n) is 1.66. The molecule has 1 unspecified atom stereocenters. The molecule has 0 aromatic heterocycles. The molecular formula is C6H8N2O2. The van der Waals surface area contributed by atoms with Gasteiger partial charge in [0, 0.05) is 6.08 Å². The van der Waals surface area contributed by atoms with Gasteiger partial charge >= 0.3 is 0 Å². The fourth-order valence-electron chi connectivity index (χ4n) is 1.12. The molecule has 0 saturated heterocycles. The van der Waals surface area contributed by atoms with Crippen molar-refractivity contribution in [3.63, 3.8) is 0 Å². The molecule has 0 fully saturated rings. The molecule has 1 aliphatic carbocycles. The van der Waals surface area contributed by atoms with E-state index in [0.29, 0.717) is 5.70 Å². The van der Waals surface area contributed by atoms with Crippen molar-refractivity contribution in [2.24, 2.45) is 0 Å². The lowest BCUT2D eigenvalue weighted by molar-refractivity contribution is -1.02. The van der Waals surface area contributed by atoms with E-state index in [-0.39, 0.29) is 5.23 Å². The van der Waals surface area contributed by atoms with E-state index in [0.717, 1.165) is 18.5 Å². The summed E-state index contributed by atoms with van der Waals surface area (Å²) in [5, 5.41) is 10.6. The van der Waals surface area contributed by atoms with Crippen LogP contribution in [0.4, 0.5) is 0 Å². The van der Waals surface area contributed by atoms with E-state index in [1.165, 1.54) is 0 Å². The number of nitrogens with one attached hydrogen (secondary N) is 2. The Balaban J connectivity index is 2.30. The summed E-state index contributed by atoms with van der Waals surface area (Å²) in [5.74, 6) is 0. The van der Waals surface area contributed by atoms with Gasteiger partial charge in [-0.25, -0.2) is 5.48 Å². The van der Waals surface area contributed by atoms with Crippen molar-refractivity contribution in [3.8, 4) is 0 Å². The van der Waals surface area contributed by atoms with Crippen LogP contribution in [0.25, 0.3) is 0 Å². The van der Waals surface area contributed by atoms with Gasteiger partial charge in [0.25, 0.3) is 0 Å². The highest BCUT2D eigenvalue weighted by Gasteiger charge is 2.22. The Kier molecular flexibility index (Phi) is 1.23. The first-order valence-corrected chi connectivity index (χ1v) is 3.25. The van der Waals surface area contributed by atoms with Gasteiger partial charge in [-0.1, -0.05) is 11.0 Å². The Labute approximate surface area is 58.3 Å². The van der Waals surface area contributed by atoms with Gasteiger partial charge in [0.1, 0.15) is 5.70 Å². The average Bonchev–Trinajstić information content (AvgIpc) is 2.34. The van der Waals surface area contributed by atoms with Crippen LogP contribution in [0.1, 0.15) is 12.8 Å². The first kappa shape index (κ1) is 5.91. The molecule has 1 atom stereocenters. The number of quaternary nitrogens is 1. The fraction of sp³-hybridized carbons (Fsp3) is 0.333. The molecule has 54 valence electrons. The van der Waals surface area contributed by atoms with Crippen LogP contribution in [0, 0.1) is 5.21 Å². The molecule has 1 aliphatic heterocycles. The lowest BCUT2D eigenvalue weighted by atomic mass is 10.1. The van der Waals surface area contributed by atoms with Gasteiger partial charge in [0.05, 0.1) is 0 Å². The summed E-state index contributed by atoms with van der Waals surface area (Å²) in [6.45, 7) is 0. The summed E-state index contributed by atoms with van der Waals surface area (Å²) in [5.41, 5.74) is 4.20. The smallest absolute Gasteiger partial charge is 0.187 e. The van der Waals surface area contributed by atoms with Crippen molar-refractivity contribution >= 4 is 0 Å². The quantitative estimate of drug-likeness (QED) is 0.441. The van der Waals surface area contributed by atoms with Crippen LogP contribution in [0.2, 0.25) is 0 Å². The van der Waals surface area contributed by atoms with Crippen LogP contribution >= 0.6 is 0 Å². The zero-order chi connectivity index (χ0) is 6.97. The van der Waals surface area contributed by atoms with Crippen LogP contribution in [-0.2, 0) is 4.94 Å². The summed E-state index contributed by atoms with van der Waals surface area (Å²) in [6, 6.07) is 0. The number of hydrogen-bond acceptors (Lipinski definition) is 3. The molecular weight excluding hydrogens is 132 g/mol. The average molecular weight is 140 g/mol. The van der Waals surface area contributed by atoms with E-state index in [1.807, 2.05) is 6.08 Å². The minimum atomic E-state index is -0.258. The monoisotopic (exact) mass is 140 g/mol. The fourth-order valence-corrected chi connectivity index (χ4v) is 1.12. The minimum absolute atomic E-state index is 0.258. The molecule has 2 aliphatic rings. The van der Waals surface area contributed by atoms with Crippen molar-refractivity contribution in [3.05, 3.63) is 28.8 Å². The SMILES string of the molecule is [O-][NH+]1ONC2=C1C=CCC2. The van der Waals surface area contributed by atoms with Gasteiger partial charge in [-0.15, -0.1) is 0 Å². The van der Waals surface area contributed by atoms with E-state index in [2.05, 4.69) is 10.4 Å². The predicted octanol–water partition coefficient (Wildman–Crippen LogP) is -0.619. The molecule has 10 heavy (non-hydrogen) atoms. The van der Waals surface area contributed by atoms with E-state index in [9.17, 15) is 5.21 Å². The summed E-state index contributed by atoms with van der Waals surface area (Å²) in [6.07, 6.45) is 5.66. The second-order valence-corrected chi connectivity index (χ2v) is 2.32. The van der Waals surface area contributed by atoms with E-state index in [1.54, 1.807) is 6.08 Å². The molecule has 0 spiro atoms. The van der Waals surface area contributed by atoms with Gasteiger partial charge < -0.3 is 5.21 Å². The maximum absolute atomic E-state index is 10.8. The Morgan fingerprint density at radius 2 is 2.60 bits per heavy atom. The van der Waals surface area contributed by atoms with Crippen molar-refractivity contribution in [2.45, 2.75) is 12.8 Å². The normalized spacial score (nSPS) is 30.3. The Bertz CT molecular complexity index is 210. The van der Waals surface area contributed by atoms with Gasteiger partial charge in [-0.3, -0.25) is 0 Å². The summed E-state index contributed by atoms with van der Waals surface area (Å²) >= 11 is 0. The zero-order valence-corrected chi connectivity index (χ0v) is 5.39. The molecule has 4 nitrogen and oxygen atoms in total. The van der Waals surface area contributed by atoms with E-state index >= 15 is 0 Å². The van der Waals surface area contributed by atoms with Crippen molar-refractivity contribution in [1.29, 1.82) is 0 Å². The van der Waals surface area contributed by atoms with Gasteiger partial charge in [-0.05, 0) is 12.8 Å². The van der Waals surface area contributed by atoms with Gasteiger partial charge in [-0.2, -0.15) is 5.23 Å². The first-order chi connectivity index (χ1) is 4.88. The standard InChI is InChI=1S/C6H8N2O2/c9-8-6-4-2-1-3-5(6)7-10-8/h2,4,7-8H,1,3H2. The predicted molar refractivity (Wildman–Crippen MR) is 34.0 cm³/mol. The van der Waals surface area contributed by atoms with Crippen LogP contribution in [0.3, 0.4) is 0 Å². The Morgan fingerprint density at radius 3 is 3.40 bits per heavy atom. The molecule has 0 saturated carbocycles. The van der Waals surface area contributed by atoms with Gasteiger partial charge in [0.15, 0.2) is 5.70 Å². The second kappa shape index (κ2) is 2.09. The largest absolute Gasteiger partial charge is 0.593 e. The van der Waals surface area contributed by atoms with Crippen LogP contribution in [-0.4, -0.2) is 0 Å². The van der Waals surface area contributed by atoms with Crippen LogP contribution in [0.5, 0.6) is 0 Å². The van der Waals surface area contributed by atoms with Crippen molar-refractivity contribution in [1.82, 2.24) is 5.48 Å². The summed E-state index contributed by atoms with van der Waals surface area (Å²) < 4.78 is 0. The molecule has 2 rings (SSSR count). The molecule has 1 heterocycles. The third kappa shape index (κ3) is 0.740. The summed E-state index contributed by atoms with van der Waals surface area (Å²) in [4.78, 5) is 4.59.